The topological polar surface area (TPSA) is 81.1 Å². The van der Waals surface area contributed by atoms with Crippen LogP contribution in [0.2, 0.25) is 0 Å². The molecule has 1 rings (SSSR count). The van der Waals surface area contributed by atoms with Crippen LogP contribution in [0.25, 0.3) is 0 Å². The molecule has 1 atom stereocenters. The van der Waals surface area contributed by atoms with Crippen molar-refractivity contribution >= 4 is 17.7 Å². The number of carbonyl (C=O) groups excluding carboxylic acids is 1. The zero-order valence-corrected chi connectivity index (χ0v) is 13.4. The predicted molar refractivity (Wildman–Crippen MR) is 82.6 cm³/mol. The van der Waals surface area contributed by atoms with E-state index >= 15 is 0 Å². The van der Waals surface area contributed by atoms with E-state index in [1.54, 1.807) is 11.8 Å². The van der Waals surface area contributed by atoms with Crippen molar-refractivity contribution in [2.75, 3.05) is 12.3 Å². The average molecular weight is 299 g/mol. The molecule has 1 amide bonds. The molecule has 0 aliphatic rings. The molecule has 0 spiro atoms. The number of hydrogen-bond donors (Lipinski definition) is 2. The summed E-state index contributed by atoms with van der Waals surface area (Å²) in [5.74, 6) is 2.07. The molecular weight excluding hydrogens is 274 g/mol. The molecule has 0 aromatic carbocycles. The SMILES string of the molecule is CCCCC(CN)NC(=O)CSCc1c(C)noc1C. The van der Waals surface area contributed by atoms with Crippen LogP contribution >= 0.6 is 11.8 Å². The van der Waals surface area contributed by atoms with Crippen LogP contribution in [0.15, 0.2) is 4.52 Å². The molecule has 0 bridgehead atoms. The number of aromatic nitrogens is 1. The fraction of sp³-hybridized carbons (Fsp3) is 0.714. The largest absolute Gasteiger partial charge is 0.361 e. The van der Waals surface area contributed by atoms with Gasteiger partial charge in [0.05, 0.1) is 11.4 Å². The van der Waals surface area contributed by atoms with Crippen molar-refractivity contribution in [1.82, 2.24) is 10.5 Å². The molecule has 1 heterocycles. The molecule has 114 valence electrons. The average Bonchev–Trinajstić information content (AvgIpc) is 2.75. The lowest BCUT2D eigenvalue weighted by molar-refractivity contribution is -0.119. The van der Waals surface area contributed by atoms with Crippen LogP contribution in [0.3, 0.4) is 0 Å². The molecule has 0 fully saturated rings. The lowest BCUT2D eigenvalue weighted by Gasteiger charge is -2.16. The molecule has 0 saturated heterocycles. The first-order chi connectivity index (χ1) is 9.58. The summed E-state index contributed by atoms with van der Waals surface area (Å²) in [5.41, 5.74) is 7.65. The Morgan fingerprint density at radius 2 is 2.25 bits per heavy atom. The van der Waals surface area contributed by atoms with E-state index in [0.717, 1.165) is 42.0 Å². The van der Waals surface area contributed by atoms with Gasteiger partial charge in [0, 0.05) is 23.9 Å². The molecule has 1 aromatic rings. The third-order valence-corrected chi connectivity index (χ3v) is 4.18. The molecule has 3 N–H and O–H groups in total. The summed E-state index contributed by atoms with van der Waals surface area (Å²) in [5, 5.41) is 6.89. The van der Waals surface area contributed by atoms with Gasteiger partial charge in [0.15, 0.2) is 0 Å². The third kappa shape index (κ3) is 5.54. The molecule has 0 radical (unpaired) electrons. The zero-order valence-electron chi connectivity index (χ0n) is 12.6. The molecule has 0 aliphatic carbocycles. The first-order valence-corrected chi connectivity index (χ1v) is 8.22. The summed E-state index contributed by atoms with van der Waals surface area (Å²) in [6.45, 7) is 6.45. The van der Waals surface area contributed by atoms with Crippen LogP contribution in [0, 0.1) is 13.8 Å². The summed E-state index contributed by atoms with van der Waals surface area (Å²) in [6.07, 6.45) is 3.16. The number of nitrogens with two attached hydrogens (primary N) is 1. The Morgan fingerprint density at radius 1 is 1.50 bits per heavy atom. The molecule has 5 nitrogen and oxygen atoms in total. The van der Waals surface area contributed by atoms with Gasteiger partial charge in [0.25, 0.3) is 0 Å². The smallest absolute Gasteiger partial charge is 0.230 e. The Kier molecular flexibility index (Phi) is 7.69. The maximum absolute atomic E-state index is 11.8. The van der Waals surface area contributed by atoms with E-state index in [2.05, 4.69) is 17.4 Å². The molecule has 0 aliphatic heterocycles. The standard InChI is InChI=1S/C14H25N3O2S/c1-4-5-6-12(7-15)16-14(18)9-20-8-13-10(2)17-19-11(13)3/h12H,4-9,15H2,1-3H3,(H,16,18). The Bertz CT molecular complexity index is 401. The number of nitrogens with zero attached hydrogens (tertiary/aromatic N) is 1. The number of nitrogens with one attached hydrogen (secondary N) is 1. The van der Waals surface area contributed by atoms with Crippen molar-refractivity contribution in [3.63, 3.8) is 0 Å². The van der Waals surface area contributed by atoms with Gasteiger partial charge >= 0.3 is 0 Å². The molecule has 1 unspecified atom stereocenters. The minimum atomic E-state index is 0.0494. The molecule has 0 saturated carbocycles. The van der Waals surface area contributed by atoms with E-state index in [1.165, 1.54) is 0 Å². The van der Waals surface area contributed by atoms with Gasteiger partial charge in [-0.05, 0) is 20.3 Å². The van der Waals surface area contributed by atoms with E-state index < -0.39 is 0 Å². The predicted octanol–water partition coefficient (Wildman–Crippen LogP) is 2.16. The highest BCUT2D eigenvalue weighted by atomic mass is 32.2. The highest BCUT2D eigenvalue weighted by Gasteiger charge is 2.12. The maximum atomic E-state index is 11.8. The Labute approximate surface area is 125 Å². The van der Waals surface area contributed by atoms with Crippen LogP contribution in [0.1, 0.15) is 43.2 Å². The van der Waals surface area contributed by atoms with Gasteiger partial charge < -0.3 is 15.6 Å². The number of hydrogen-bond acceptors (Lipinski definition) is 5. The zero-order chi connectivity index (χ0) is 15.0. The second-order valence-electron chi connectivity index (χ2n) is 4.94. The van der Waals surface area contributed by atoms with E-state index in [0.29, 0.717) is 12.3 Å². The summed E-state index contributed by atoms with van der Waals surface area (Å²) < 4.78 is 5.10. The van der Waals surface area contributed by atoms with Crippen LogP contribution in [0.5, 0.6) is 0 Å². The van der Waals surface area contributed by atoms with Crippen molar-refractivity contribution in [2.45, 2.75) is 51.8 Å². The quantitative estimate of drug-likeness (QED) is 0.730. The summed E-state index contributed by atoms with van der Waals surface area (Å²) in [7, 11) is 0. The van der Waals surface area contributed by atoms with E-state index in [4.69, 9.17) is 10.3 Å². The van der Waals surface area contributed by atoms with Crippen LogP contribution < -0.4 is 11.1 Å². The molecule has 6 heteroatoms. The van der Waals surface area contributed by atoms with Crippen LogP contribution in [-0.4, -0.2) is 29.4 Å². The third-order valence-electron chi connectivity index (χ3n) is 3.22. The number of amides is 1. The summed E-state index contributed by atoms with van der Waals surface area (Å²) >= 11 is 1.57. The Balaban J connectivity index is 2.29. The van der Waals surface area contributed by atoms with Crippen molar-refractivity contribution in [3.05, 3.63) is 17.0 Å². The van der Waals surface area contributed by atoms with E-state index in [1.807, 2.05) is 13.8 Å². The maximum Gasteiger partial charge on any atom is 0.230 e. The number of rotatable bonds is 9. The lowest BCUT2D eigenvalue weighted by atomic mass is 10.1. The normalized spacial score (nSPS) is 12.4. The second kappa shape index (κ2) is 9.02. The van der Waals surface area contributed by atoms with E-state index in [9.17, 15) is 4.79 Å². The fourth-order valence-corrected chi connectivity index (χ4v) is 2.91. The van der Waals surface area contributed by atoms with Gasteiger partial charge in [0.1, 0.15) is 5.76 Å². The summed E-state index contributed by atoms with van der Waals surface area (Å²) in [6, 6.07) is 0.0992. The minimum Gasteiger partial charge on any atom is -0.361 e. The number of carbonyl (C=O) groups is 1. The Morgan fingerprint density at radius 3 is 2.80 bits per heavy atom. The van der Waals surface area contributed by atoms with Crippen molar-refractivity contribution in [1.29, 1.82) is 0 Å². The number of thioether (sulfide) groups is 1. The fourth-order valence-electron chi connectivity index (χ4n) is 1.92. The van der Waals surface area contributed by atoms with Gasteiger partial charge in [-0.25, -0.2) is 0 Å². The van der Waals surface area contributed by atoms with Gasteiger partial charge in [-0.15, -0.1) is 11.8 Å². The van der Waals surface area contributed by atoms with Crippen molar-refractivity contribution < 1.29 is 9.32 Å². The van der Waals surface area contributed by atoms with Gasteiger partial charge in [-0.2, -0.15) is 0 Å². The molecular formula is C14H25N3O2S. The van der Waals surface area contributed by atoms with Crippen molar-refractivity contribution in [3.8, 4) is 0 Å². The molecule has 1 aromatic heterocycles. The second-order valence-corrected chi connectivity index (χ2v) is 5.92. The minimum absolute atomic E-state index is 0.0494. The summed E-state index contributed by atoms with van der Waals surface area (Å²) in [4.78, 5) is 11.8. The highest BCUT2D eigenvalue weighted by molar-refractivity contribution is 7.99. The number of unbranched alkanes of at least 4 members (excludes halogenated alkanes) is 1. The first-order valence-electron chi connectivity index (χ1n) is 7.07. The number of aryl methyl sites for hydroxylation is 2. The molecule has 20 heavy (non-hydrogen) atoms. The highest BCUT2D eigenvalue weighted by Crippen LogP contribution is 2.19. The van der Waals surface area contributed by atoms with Crippen LogP contribution in [-0.2, 0) is 10.5 Å². The van der Waals surface area contributed by atoms with Crippen molar-refractivity contribution in [2.24, 2.45) is 5.73 Å². The van der Waals surface area contributed by atoms with Gasteiger partial charge in [-0.1, -0.05) is 24.9 Å². The van der Waals surface area contributed by atoms with Crippen LogP contribution in [0.4, 0.5) is 0 Å². The lowest BCUT2D eigenvalue weighted by Crippen LogP contribution is -2.41. The van der Waals surface area contributed by atoms with Gasteiger partial charge in [-0.3, -0.25) is 4.79 Å². The van der Waals surface area contributed by atoms with Gasteiger partial charge in [0.2, 0.25) is 5.91 Å². The first kappa shape index (κ1) is 17.0. The Hall–Kier alpha value is -1.01. The van der Waals surface area contributed by atoms with E-state index in [-0.39, 0.29) is 11.9 Å². The monoisotopic (exact) mass is 299 g/mol.